The van der Waals surface area contributed by atoms with E-state index in [-0.39, 0.29) is 12.5 Å². The zero-order chi connectivity index (χ0) is 11.7. The van der Waals surface area contributed by atoms with Crippen LogP contribution in [0.15, 0.2) is 0 Å². The minimum Gasteiger partial charge on any atom is -0.481 e. The molecule has 0 saturated carbocycles. The molecule has 0 aromatic heterocycles. The molecule has 0 aliphatic heterocycles. The second-order valence-electron chi connectivity index (χ2n) is 4.20. The minimum absolute atomic E-state index is 0.160. The smallest absolute Gasteiger partial charge is 0.303 e. The van der Waals surface area contributed by atoms with Gasteiger partial charge >= 0.3 is 5.97 Å². The standard InChI is InChI=1S/C11H23NO3/c1-9(2)8-10(15-7-6-12)4-3-5-11(13)14/h9-10H,3-8,12H2,1-2H3,(H,13,14)/t10-/m0/s1. The van der Waals surface area contributed by atoms with Gasteiger partial charge in [-0.2, -0.15) is 0 Å². The van der Waals surface area contributed by atoms with Crippen LogP contribution in [0.3, 0.4) is 0 Å². The van der Waals surface area contributed by atoms with Gasteiger partial charge in [0.25, 0.3) is 0 Å². The monoisotopic (exact) mass is 217 g/mol. The Morgan fingerprint density at radius 3 is 2.60 bits per heavy atom. The van der Waals surface area contributed by atoms with Crippen molar-refractivity contribution >= 4 is 5.97 Å². The van der Waals surface area contributed by atoms with E-state index in [2.05, 4.69) is 13.8 Å². The predicted molar refractivity (Wildman–Crippen MR) is 59.7 cm³/mol. The first kappa shape index (κ1) is 14.4. The number of hydrogen-bond donors (Lipinski definition) is 2. The largest absolute Gasteiger partial charge is 0.481 e. The van der Waals surface area contributed by atoms with Crippen molar-refractivity contribution < 1.29 is 14.6 Å². The van der Waals surface area contributed by atoms with E-state index in [1.165, 1.54) is 0 Å². The molecule has 15 heavy (non-hydrogen) atoms. The van der Waals surface area contributed by atoms with Crippen LogP contribution in [0, 0.1) is 5.92 Å². The number of nitrogens with two attached hydrogens (primary N) is 1. The van der Waals surface area contributed by atoms with Gasteiger partial charge in [0.1, 0.15) is 0 Å². The normalized spacial score (nSPS) is 13.1. The summed E-state index contributed by atoms with van der Waals surface area (Å²) in [6.45, 7) is 5.35. The number of carboxylic acids is 1. The highest BCUT2D eigenvalue weighted by Gasteiger charge is 2.11. The Hall–Kier alpha value is -0.610. The third-order valence-corrected chi connectivity index (χ3v) is 2.12. The van der Waals surface area contributed by atoms with Crippen LogP contribution in [0.1, 0.15) is 39.5 Å². The van der Waals surface area contributed by atoms with Gasteiger partial charge in [-0.25, -0.2) is 0 Å². The van der Waals surface area contributed by atoms with Crippen LogP contribution in [-0.4, -0.2) is 30.3 Å². The lowest BCUT2D eigenvalue weighted by Crippen LogP contribution is -2.20. The molecule has 0 bridgehead atoms. The van der Waals surface area contributed by atoms with E-state index >= 15 is 0 Å². The highest BCUT2D eigenvalue weighted by molar-refractivity contribution is 5.66. The highest BCUT2D eigenvalue weighted by atomic mass is 16.5. The average Bonchev–Trinajstić information content (AvgIpc) is 2.12. The van der Waals surface area contributed by atoms with E-state index in [1.807, 2.05) is 0 Å². The maximum absolute atomic E-state index is 10.4. The van der Waals surface area contributed by atoms with Crippen LogP contribution in [0.2, 0.25) is 0 Å². The number of carboxylic acid groups (broad SMARTS) is 1. The Kier molecular flexibility index (Phi) is 8.33. The van der Waals surface area contributed by atoms with Crippen LogP contribution in [0.5, 0.6) is 0 Å². The zero-order valence-corrected chi connectivity index (χ0v) is 9.74. The maximum Gasteiger partial charge on any atom is 0.303 e. The van der Waals surface area contributed by atoms with Crippen LogP contribution >= 0.6 is 0 Å². The lowest BCUT2D eigenvalue weighted by molar-refractivity contribution is -0.137. The molecule has 1 atom stereocenters. The van der Waals surface area contributed by atoms with E-state index in [1.54, 1.807) is 0 Å². The maximum atomic E-state index is 10.4. The molecular formula is C11H23NO3. The van der Waals surface area contributed by atoms with Crippen LogP contribution in [0.4, 0.5) is 0 Å². The van der Waals surface area contributed by atoms with Gasteiger partial charge in [0, 0.05) is 13.0 Å². The topological polar surface area (TPSA) is 72.5 Å². The van der Waals surface area contributed by atoms with E-state index in [9.17, 15) is 4.79 Å². The average molecular weight is 217 g/mol. The summed E-state index contributed by atoms with van der Waals surface area (Å²) in [5.74, 6) is -0.172. The second-order valence-corrected chi connectivity index (χ2v) is 4.20. The van der Waals surface area contributed by atoms with Crippen molar-refractivity contribution in [3.63, 3.8) is 0 Å². The molecule has 4 nitrogen and oxygen atoms in total. The molecule has 0 spiro atoms. The molecule has 0 radical (unpaired) electrons. The zero-order valence-electron chi connectivity index (χ0n) is 9.74. The summed E-state index contributed by atoms with van der Waals surface area (Å²) in [6.07, 6.45) is 2.84. The van der Waals surface area contributed by atoms with Gasteiger partial charge in [-0.05, 0) is 25.2 Å². The van der Waals surface area contributed by atoms with Crippen molar-refractivity contribution in [1.29, 1.82) is 0 Å². The third-order valence-electron chi connectivity index (χ3n) is 2.12. The quantitative estimate of drug-likeness (QED) is 0.615. The molecule has 0 rings (SSSR count). The second kappa shape index (κ2) is 8.68. The van der Waals surface area contributed by atoms with Crippen molar-refractivity contribution in [2.45, 2.75) is 45.6 Å². The van der Waals surface area contributed by atoms with Gasteiger partial charge < -0.3 is 15.6 Å². The first-order valence-corrected chi connectivity index (χ1v) is 5.59. The number of rotatable bonds is 9. The minimum atomic E-state index is -0.739. The molecule has 0 amide bonds. The molecule has 0 aliphatic rings. The summed E-state index contributed by atoms with van der Waals surface area (Å²) < 4.78 is 5.57. The van der Waals surface area contributed by atoms with Gasteiger partial charge in [0.15, 0.2) is 0 Å². The van der Waals surface area contributed by atoms with Gasteiger partial charge in [0.2, 0.25) is 0 Å². The van der Waals surface area contributed by atoms with Crippen molar-refractivity contribution in [1.82, 2.24) is 0 Å². The van der Waals surface area contributed by atoms with Crippen molar-refractivity contribution in [3.05, 3.63) is 0 Å². The number of aliphatic carboxylic acids is 1. The molecule has 0 aromatic rings. The van der Waals surface area contributed by atoms with Crippen LogP contribution < -0.4 is 5.73 Å². The lowest BCUT2D eigenvalue weighted by Gasteiger charge is -2.19. The lowest BCUT2D eigenvalue weighted by atomic mass is 10.0. The summed E-state index contributed by atoms with van der Waals surface area (Å²) in [4.78, 5) is 10.4. The molecule has 0 fully saturated rings. The fourth-order valence-electron chi connectivity index (χ4n) is 1.51. The summed E-state index contributed by atoms with van der Waals surface area (Å²) in [7, 11) is 0. The fourth-order valence-corrected chi connectivity index (χ4v) is 1.51. The van der Waals surface area contributed by atoms with Gasteiger partial charge in [-0.3, -0.25) is 4.79 Å². The summed E-state index contributed by atoms with van der Waals surface area (Å²) in [6, 6.07) is 0. The van der Waals surface area contributed by atoms with E-state index in [0.717, 1.165) is 12.8 Å². The molecule has 0 saturated heterocycles. The summed E-state index contributed by atoms with van der Waals surface area (Å²) >= 11 is 0. The Labute approximate surface area is 91.8 Å². The Bertz CT molecular complexity index is 171. The highest BCUT2D eigenvalue weighted by Crippen LogP contribution is 2.14. The first-order valence-electron chi connectivity index (χ1n) is 5.59. The third kappa shape index (κ3) is 9.69. The first-order chi connectivity index (χ1) is 7.06. The number of carbonyl (C=O) groups is 1. The molecule has 0 aromatic carbocycles. The van der Waals surface area contributed by atoms with Gasteiger partial charge in [0.05, 0.1) is 12.7 Å². The van der Waals surface area contributed by atoms with Crippen molar-refractivity contribution in [3.8, 4) is 0 Å². The van der Waals surface area contributed by atoms with Crippen LogP contribution in [0.25, 0.3) is 0 Å². The van der Waals surface area contributed by atoms with Crippen molar-refractivity contribution in [2.24, 2.45) is 11.7 Å². The Balaban J connectivity index is 3.73. The van der Waals surface area contributed by atoms with Crippen LogP contribution in [-0.2, 0) is 9.53 Å². The molecule has 4 heteroatoms. The van der Waals surface area contributed by atoms with E-state index in [4.69, 9.17) is 15.6 Å². The SMILES string of the molecule is CC(C)C[C@H](CCCC(=O)O)OCCN. The molecule has 0 unspecified atom stereocenters. The Morgan fingerprint density at radius 2 is 2.13 bits per heavy atom. The van der Waals surface area contributed by atoms with Crippen molar-refractivity contribution in [2.75, 3.05) is 13.2 Å². The molecule has 90 valence electrons. The van der Waals surface area contributed by atoms with Gasteiger partial charge in [-0.1, -0.05) is 13.8 Å². The Morgan fingerprint density at radius 1 is 1.47 bits per heavy atom. The molecule has 0 heterocycles. The number of hydrogen-bond acceptors (Lipinski definition) is 3. The van der Waals surface area contributed by atoms with Gasteiger partial charge in [-0.15, -0.1) is 0 Å². The summed E-state index contributed by atoms with van der Waals surface area (Å²) in [5, 5.41) is 8.52. The van der Waals surface area contributed by atoms with E-state index in [0.29, 0.717) is 25.5 Å². The summed E-state index contributed by atoms with van der Waals surface area (Å²) in [5.41, 5.74) is 5.37. The van der Waals surface area contributed by atoms with E-state index < -0.39 is 5.97 Å². The molecule has 3 N–H and O–H groups in total. The number of ether oxygens (including phenoxy) is 1. The predicted octanol–water partition coefficient (Wildman–Crippen LogP) is 1.63. The molecular weight excluding hydrogens is 194 g/mol. The molecule has 0 aliphatic carbocycles. The fraction of sp³-hybridized carbons (Fsp3) is 0.909.